The highest BCUT2D eigenvalue weighted by molar-refractivity contribution is 5.67. The van der Waals surface area contributed by atoms with E-state index in [1.807, 2.05) is 6.07 Å². The molecule has 3 nitrogen and oxygen atoms in total. The van der Waals surface area contributed by atoms with Gasteiger partial charge in [-0.05, 0) is 43.0 Å². The van der Waals surface area contributed by atoms with Gasteiger partial charge in [0, 0.05) is 5.92 Å². The maximum absolute atomic E-state index is 10.7. The van der Waals surface area contributed by atoms with E-state index in [0.717, 1.165) is 30.6 Å². The summed E-state index contributed by atoms with van der Waals surface area (Å²) in [7, 11) is 0. The molecule has 1 heterocycles. The van der Waals surface area contributed by atoms with Gasteiger partial charge in [-0.3, -0.25) is 4.79 Å². The molecular formula is C15H16O3. The number of rotatable bonds is 2. The highest BCUT2D eigenvalue weighted by Crippen LogP contribution is 2.41. The fraction of sp³-hybridized carbons (Fsp3) is 0.400. The van der Waals surface area contributed by atoms with E-state index in [1.165, 1.54) is 24.0 Å². The molecule has 3 heteroatoms. The van der Waals surface area contributed by atoms with Gasteiger partial charge in [-0.15, -0.1) is 0 Å². The standard InChI is InChI=1S/C15H16O3/c16-8-7-11-3-1-2-4-13(11)12-5-6-14-15(9-12)18-10-17-14/h5-9,13H,1-4,10H2/b11-7-. The van der Waals surface area contributed by atoms with Crippen LogP contribution in [0.15, 0.2) is 29.8 Å². The smallest absolute Gasteiger partial charge is 0.231 e. The SMILES string of the molecule is O=C/C=C1/CCCCC1c1ccc2c(c1)OCO2. The predicted molar refractivity (Wildman–Crippen MR) is 67.9 cm³/mol. The predicted octanol–water partition coefficient (Wildman–Crippen LogP) is 3.20. The maximum atomic E-state index is 10.7. The molecule has 1 aliphatic heterocycles. The van der Waals surface area contributed by atoms with Gasteiger partial charge in [0.15, 0.2) is 11.5 Å². The molecule has 0 saturated heterocycles. The van der Waals surface area contributed by atoms with Crippen LogP contribution in [0.2, 0.25) is 0 Å². The first-order chi connectivity index (χ1) is 8.88. The fourth-order valence-electron chi connectivity index (χ4n) is 2.83. The van der Waals surface area contributed by atoms with Gasteiger partial charge in [-0.1, -0.05) is 18.1 Å². The van der Waals surface area contributed by atoms with E-state index < -0.39 is 0 Å². The van der Waals surface area contributed by atoms with Crippen LogP contribution in [0.25, 0.3) is 0 Å². The van der Waals surface area contributed by atoms with E-state index >= 15 is 0 Å². The van der Waals surface area contributed by atoms with Crippen molar-refractivity contribution in [2.75, 3.05) is 6.79 Å². The van der Waals surface area contributed by atoms with Crippen molar-refractivity contribution in [3.8, 4) is 11.5 Å². The quantitative estimate of drug-likeness (QED) is 0.592. The van der Waals surface area contributed by atoms with Gasteiger partial charge in [-0.25, -0.2) is 0 Å². The number of hydrogen-bond acceptors (Lipinski definition) is 3. The number of allylic oxidation sites excluding steroid dienone is 2. The molecule has 1 atom stereocenters. The van der Waals surface area contributed by atoms with Crippen LogP contribution in [-0.4, -0.2) is 13.1 Å². The van der Waals surface area contributed by atoms with Crippen molar-refractivity contribution in [2.45, 2.75) is 31.6 Å². The van der Waals surface area contributed by atoms with E-state index in [1.54, 1.807) is 6.08 Å². The van der Waals surface area contributed by atoms with Crippen LogP contribution in [0.5, 0.6) is 11.5 Å². The first-order valence-electron chi connectivity index (χ1n) is 6.42. The van der Waals surface area contributed by atoms with Crippen LogP contribution in [0.4, 0.5) is 0 Å². The number of carbonyl (C=O) groups is 1. The normalized spacial score (nSPS) is 24.2. The molecule has 2 aliphatic rings. The monoisotopic (exact) mass is 244 g/mol. The van der Waals surface area contributed by atoms with E-state index in [-0.39, 0.29) is 0 Å². The Labute approximate surface area is 106 Å². The van der Waals surface area contributed by atoms with Crippen LogP contribution < -0.4 is 9.47 Å². The summed E-state index contributed by atoms with van der Waals surface area (Å²) in [4.78, 5) is 10.7. The second kappa shape index (κ2) is 4.84. The Hall–Kier alpha value is -1.77. The number of carbonyl (C=O) groups excluding carboxylic acids is 1. The lowest BCUT2D eigenvalue weighted by Gasteiger charge is -2.25. The lowest BCUT2D eigenvalue weighted by molar-refractivity contribution is -0.104. The Morgan fingerprint density at radius 3 is 2.94 bits per heavy atom. The number of fused-ring (bicyclic) bond motifs is 1. The van der Waals surface area contributed by atoms with E-state index in [0.29, 0.717) is 12.7 Å². The lowest BCUT2D eigenvalue weighted by Crippen LogP contribution is -2.08. The topological polar surface area (TPSA) is 35.5 Å². The second-order valence-electron chi connectivity index (χ2n) is 4.79. The molecule has 0 radical (unpaired) electrons. The summed E-state index contributed by atoms with van der Waals surface area (Å²) in [5, 5.41) is 0. The van der Waals surface area contributed by atoms with E-state index in [4.69, 9.17) is 9.47 Å². The minimum Gasteiger partial charge on any atom is -0.454 e. The lowest BCUT2D eigenvalue weighted by atomic mass is 9.79. The van der Waals surface area contributed by atoms with Crippen LogP contribution >= 0.6 is 0 Å². The molecule has 0 spiro atoms. The number of benzene rings is 1. The summed E-state index contributed by atoms with van der Waals surface area (Å²) in [5.41, 5.74) is 2.47. The van der Waals surface area contributed by atoms with Crippen LogP contribution in [0, 0.1) is 0 Å². The first kappa shape index (κ1) is 11.3. The molecule has 0 aromatic heterocycles. The van der Waals surface area contributed by atoms with Crippen molar-refractivity contribution in [1.29, 1.82) is 0 Å². The van der Waals surface area contributed by atoms with Gasteiger partial charge in [0.25, 0.3) is 0 Å². The molecule has 94 valence electrons. The average Bonchev–Trinajstić information content (AvgIpc) is 2.87. The van der Waals surface area contributed by atoms with Crippen LogP contribution in [0.1, 0.15) is 37.2 Å². The highest BCUT2D eigenvalue weighted by Gasteiger charge is 2.23. The Bertz CT molecular complexity index is 491. The molecule has 1 unspecified atom stereocenters. The molecule has 0 bridgehead atoms. The van der Waals surface area contributed by atoms with Gasteiger partial charge in [0.1, 0.15) is 6.29 Å². The molecular weight excluding hydrogens is 228 g/mol. The van der Waals surface area contributed by atoms with Crippen molar-refractivity contribution in [2.24, 2.45) is 0 Å². The number of aldehydes is 1. The third-order valence-corrected chi connectivity index (χ3v) is 3.74. The molecule has 1 aromatic rings. The van der Waals surface area contributed by atoms with Gasteiger partial charge in [-0.2, -0.15) is 0 Å². The third-order valence-electron chi connectivity index (χ3n) is 3.74. The van der Waals surface area contributed by atoms with Gasteiger partial charge in [0.05, 0.1) is 0 Å². The fourth-order valence-corrected chi connectivity index (χ4v) is 2.83. The zero-order valence-corrected chi connectivity index (χ0v) is 10.2. The second-order valence-corrected chi connectivity index (χ2v) is 4.79. The Morgan fingerprint density at radius 1 is 1.17 bits per heavy atom. The molecule has 18 heavy (non-hydrogen) atoms. The van der Waals surface area contributed by atoms with Crippen molar-refractivity contribution in [1.82, 2.24) is 0 Å². The van der Waals surface area contributed by atoms with Crippen molar-refractivity contribution in [3.05, 3.63) is 35.4 Å². The van der Waals surface area contributed by atoms with Crippen molar-refractivity contribution < 1.29 is 14.3 Å². The minimum absolute atomic E-state index is 0.306. The number of ether oxygens (including phenoxy) is 2. The molecule has 1 aliphatic carbocycles. The number of hydrogen-bond donors (Lipinski definition) is 0. The third kappa shape index (κ3) is 2.01. The van der Waals surface area contributed by atoms with Crippen molar-refractivity contribution in [3.63, 3.8) is 0 Å². The Morgan fingerprint density at radius 2 is 2.06 bits per heavy atom. The zero-order chi connectivity index (χ0) is 12.4. The molecule has 0 amide bonds. The average molecular weight is 244 g/mol. The largest absolute Gasteiger partial charge is 0.454 e. The van der Waals surface area contributed by atoms with E-state index in [9.17, 15) is 4.79 Å². The molecule has 0 N–H and O–H groups in total. The maximum Gasteiger partial charge on any atom is 0.231 e. The molecule has 1 fully saturated rings. The van der Waals surface area contributed by atoms with Gasteiger partial charge >= 0.3 is 0 Å². The van der Waals surface area contributed by atoms with Crippen LogP contribution in [-0.2, 0) is 4.79 Å². The van der Waals surface area contributed by atoms with Crippen molar-refractivity contribution >= 4 is 6.29 Å². The zero-order valence-electron chi connectivity index (χ0n) is 10.2. The summed E-state index contributed by atoms with van der Waals surface area (Å²) >= 11 is 0. The Kier molecular flexibility index (Phi) is 3.05. The van der Waals surface area contributed by atoms with Crippen LogP contribution in [0.3, 0.4) is 0 Å². The van der Waals surface area contributed by atoms with E-state index in [2.05, 4.69) is 12.1 Å². The summed E-state index contributed by atoms with van der Waals surface area (Å²) in [6.45, 7) is 0.306. The van der Waals surface area contributed by atoms with Gasteiger partial charge in [0.2, 0.25) is 6.79 Å². The minimum atomic E-state index is 0.306. The first-order valence-corrected chi connectivity index (χ1v) is 6.42. The summed E-state index contributed by atoms with van der Waals surface area (Å²) in [5.74, 6) is 2.00. The summed E-state index contributed by atoms with van der Waals surface area (Å²) in [6, 6.07) is 6.10. The molecule has 1 aromatic carbocycles. The highest BCUT2D eigenvalue weighted by atomic mass is 16.7. The summed E-state index contributed by atoms with van der Waals surface area (Å²) < 4.78 is 10.7. The summed E-state index contributed by atoms with van der Waals surface area (Å²) in [6.07, 6.45) is 7.17. The molecule has 1 saturated carbocycles. The Balaban J connectivity index is 1.92. The molecule has 3 rings (SSSR count). The van der Waals surface area contributed by atoms with Gasteiger partial charge < -0.3 is 9.47 Å².